The van der Waals surface area contributed by atoms with Gasteiger partial charge in [0, 0.05) is 12.3 Å². The van der Waals surface area contributed by atoms with E-state index >= 15 is 0 Å². The van der Waals surface area contributed by atoms with E-state index in [1.54, 1.807) is 6.92 Å². The molecule has 0 aliphatic heterocycles. The summed E-state index contributed by atoms with van der Waals surface area (Å²) in [6.45, 7) is 1.74. The Morgan fingerprint density at radius 1 is 1.26 bits per heavy atom. The Labute approximate surface area is 133 Å². The molecule has 1 N–H and O–H groups in total. The average Bonchev–Trinajstić information content (AvgIpc) is 2.45. The molecular weight excluding hydrogens is 323 g/mol. The summed E-state index contributed by atoms with van der Waals surface area (Å²) in [6.07, 6.45) is 1.34. The lowest BCUT2D eigenvalue weighted by Crippen LogP contribution is -2.08. The number of hydrogen-bond acceptors (Lipinski definition) is 4. The zero-order valence-corrected chi connectivity index (χ0v) is 13.4. The summed E-state index contributed by atoms with van der Waals surface area (Å²) < 4.78 is 42.6. The smallest absolute Gasteiger partial charge is 0.336 e. The van der Waals surface area contributed by atoms with E-state index in [1.807, 2.05) is 0 Å². The number of ether oxygens (including phenoxy) is 1. The van der Waals surface area contributed by atoms with Crippen molar-refractivity contribution >= 4 is 15.8 Å². The van der Waals surface area contributed by atoms with E-state index in [4.69, 9.17) is 4.74 Å². The first-order chi connectivity index (χ1) is 10.7. The van der Waals surface area contributed by atoms with Crippen LogP contribution in [-0.2, 0) is 16.3 Å². The summed E-state index contributed by atoms with van der Waals surface area (Å²) in [7, 11) is -3.73. The van der Waals surface area contributed by atoms with Crippen molar-refractivity contribution in [3.63, 3.8) is 0 Å². The van der Waals surface area contributed by atoms with Gasteiger partial charge in [0.25, 0.3) is 0 Å². The van der Waals surface area contributed by atoms with Crippen molar-refractivity contribution in [2.75, 3.05) is 6.26 Å². The van der Waals surface area contributed by atoms with Crippen LogP contribution in [0.5, 0.6) is 11.5 Å². The molecule has 0 fully saturated rings. The average molecular weight is 338 g/mol. The minimum Gasteiger partial charge on any atom is -0.478 e. The first-order valence-electron chi connectivity index (χ1n) is 6.76. The molecule has 0 heterocycles. The van der Waals surface area contributed by atoms with Crippen LogP contribution >= 0.6 is 0 Å². The van der Waals surface area contributed by atoms with Crippen LogP contribution in [0.15, 0.2) is 41.3 Å². The van der Waals surface area contributed by atoms with Crippen molar-refractivity contribution in [1.29, 1.82) is 0 Å². The molecule has 0 atom stereocenters. The zero-order chi connectivity index (χ0) is 17.2. The molecule has 23 heavy (non-hydrogen) atoms. The summed E-state index contributed by atoms with van der Waals surface area (Å²) >= 11 is 0. The Kier molecular flexibility index (Phi) is 4.70. The molecule has 122 valence electrons. The summed E-state index contributed by atoms with van der Waals surface area (Å²) in [4.78, 5) is 11.0. The highest BCUT2D eigenvalue weighted by Crippen LogP contribution is 2.32. The molecule has 2 aromatic rings. The van der Waals surface area contributed by atoms with Gasteiger partial charge in [-0.15, -0.1) is 0 Å². The van der Waals surface area contributed by atoms with Gasteiger partial charge in [0.15, 0.2) is 9.84 Å². The molecule has 2 rings (SSSR count). The van der Waals surface area contributed by atoms with Gasteiger partial charge in [-0.05, 0) is 36.2 Å². The van der Waals surface area contributed by atoms with E-state index in [2.05, 4.69) is 0 Å². The number of rotatable bonds is 5. The number of aromatic carboxylic acids is 1. The molecule has 0 aromatic heterocycles. The van der Waals surface area contributed by atoms with Crippen LogP contribution in [-0.4, -0.2) is 25.7 Å². The van der Waals surface area contributed by atoms with Crippen molar-refractivity contribution in [3.8, 4) is 11.5 Å². The number of benzene rings is 2. The third-order valence-electron chi connectivity index (χ3n) is 3.20. The quantitative estimate of drug-likeness (QED) is 0.905. The van der Waals surface area contributed by atoms with Crippen LogP contribution in [0.2, 0.25) is 0 Å². The second kappa shape index (κ2) is 6.37. The minimum absolute atomic E-state index is 0.0278. The fourth-order valence-electron chi connectivity index (χ4n) is 2.12. The number of carboxylic acids is 1. The number of carbonyl (C=O) groups is 1. The topological polar surface area (TPSA) is 80.7 Å². The summed E-state index contributed by atoms with van der Waals surface area (Å²) in [6, 6.07) is 7.69. The second-order valence-corrected chi connectivity index (χ2v) is 6.93. The molecule has 0 saturated heterocycles. The van der Waals surface area contributed by atoms with Gasteiger partial charge >= 0.3 is 5.97 Å². The normalized spacial score (nSPS) is 11.3. The van der Waals surface area contributed by atoms with E-state index in [-0.39, 0.29) is 22.0 Å². The maximum Gasteiger partial charge on any atom is 0.336 e. The largest absolute Gasteiger partial charge is 0.478 e. The first-order valence-corrected chi connectivity index (χ1v) is 8.65. The monoisotopic (exact) mass is 338 g/mol. The highest BCUT2D eigenvalue weighted by Gasteiger charge is 2.21. The molecule has 2 aromatic carbocycles. The van der Waals surface area contributed by atoms with E-state index in [9.17, 15) is 22.7 Å². The van der Waals surface area contributed by atoms with Crippen molar-refractivity contribution in [3.05, 3.63) is 53.3 Å². The second-order valence-electron chi connectivity index (χ2n) is 4.95. The molecule has 0 aliphatic rings. The van der Waals surface area contributed by atoms with E-state index < -0.39 is 21.6 Å². The molecule has 0 aliphatic carbocycles. The fourth-order valence-corrected chi connectivity index (χ4v) is 2.92. The molecular formula is C16H15FO5S. The lowest BCUT2D eigenvalue weighted by Gasteiger charge is -2.14. The molecule has 0 bridgehead atoms. The summed E-state index contributed by atoms with van der Waals surface area (Å²) in [5, 5.41) is 9.22. The highest BCUT2D eigenvalue weighted by molar-refractivity contribution is 7.90. The van der Waals surface area contributed by atoms with Gasteiger partial charge in [-0.1, -0.05) is 13.0 Å². The van der Waals surface area contributed by atoms with Gasteiger partial charge < -0.3 is 9.84 Å². The maximum absolute atomic E-state index is 13.2. The first kappa shape index (κ1) is 17.0. The number of hydrogen-bond donors (Lipinski definition) is 1. The van der Waals surface area contributed by atoms with Gasteiger partial charge in [-0.25, -0.2) is 17.6 Å². The van der Waals surface area contributed by atoms with E-state index in [0.29, 0.717) is 12.0 Å². The van der Waals surface area contributed by atoms with Crippen molar-refractivity contribution in [1.82, 2.24) is 0 Å². The molecule has 0 unspecified atom stereocenters. The van der Waals surface area contributed by atoms with Gasteiger partial charge in [-0.3, -0.25) is 0 Å². The Bertz CT molecular complexity index is 859. The standard InChI is InChI=1S/C16H15FO5S/c1-3-10-7-14(22-12-6-4-5-11(17)8-12)15(23(2,20)21)9-13(10)16(18)19/h4-9H,3H2,1-2H3,(H,18,19). The van der Waals surface area contributed by atoms with Crippen molar-refractivity contribution in [2.24, 2.45) is 0 Å². The molecule has 5 nitrogen and oxygen atoms in total. The van der Waals surface area contributed by atoms with Crippen molar-refractivity contribution < 1.29 is 27.4 Å². The van der Waals surface area contributed by atoms with Crippen LogP contribution in [0, 0.1) is 5.82 Å². The van der Waals surface area contributed by atoms with Gasteiger partial charge in [-0.2, -0.15) is 0 Å². The SMILES string of the molecule is CCc1cc(Oc2cccc(F)c2)c(S(C)(=O)=O)cc1C(=O)O. The Balaban J connectivity index is 2.63. The van der Waals surface area contributed by atoms with Crippen molar-refractivity contribution in [2.45, 2.75) is 18.2 Å². The van der Waals surface area contributed by atoms with Crippen LogP contribution in [0.25, 0.3) is 0 Å². The molecule has 0 saturated carbocycles. The highest BCUT2D eigenvalue weighted by atomic mass is 32.2. The van der Waals surface area contributed by atoms with Gasteiger partial charge in [0.05, 0.1) is 5.56 Å². The van der Waals surface area contributed by atoms with Crippen LogP contribution < -0.4 is 4.74 Å². The molecule has 0 spiro atoms. The zero-order valence-electron chi connectivity index (χ0n) is 12.5. The Morgan fingerprint density at radius 3 is 2.48 bits per heavy atom. The van der Waals surface area contributed by atoms with Crippen LogP contribution in [0.3, 0.4) is 0 Å². The maximum atomic E-state index is 13.2. The predicted octanol–water partition coefficient (Wildman–Crippen LogP) is 3.28. The van der Waals surface area contributed by atoms with E-state index in [1.165, 1.54) is 24.3 Å². The molecule has 0 radical (unpaired) electrons. The lowest BCUT2D eigenvalue weighted by atomic mass is 10.0. The number of aryl methyl sites for hydroxylation is 1. The van der Waals surface area contributed by atoms with Crippen LogP contribution in [0.4, 0.5) is 4.39 Å². The number of halogens is 1. The fraction of sp³-hybridized carbons (Fsp3) is 0.188. The molecule has 0 amide bonds. The van der Waals surface area contributed by atoms with Gasteiger partial charge in [0.1, 0.15) is 22.2 Å². The van der Waals surface area contributed by atoms with E-state index in [0.717, 1.165) is 18.4 Å². The lowest BCUT2D eigenvalue weighted by molar-refractivity contribution is 0.0695. The minimum atomic E-state index is -3.73. The predicted molar refractivity (Wildman–Crippen MR) is 82.4 cm³/mol. The summed E-state index contributed by atoms with van der Waals surface area (Å²) in [5.74, 6) is -1.65. The Morgan fingerprint density at radius 2 is 1.96 bits per heavy atom. The van der Waals surface area contributed by atoms with Crippen LogP contribution in [0.1, 0.15) is 22.8 Å². The third kappa shape index (κ3) is 3.87. The third-order valence-corrected chi connectivity index (χ3v) is 4.32. The number of sulfone groups is 1. The molecule has 7 heteroatoms. The number of carboxylic acid groups (broad SMARTS) is 1. The Hall–Kier alpha value is -2.41. The van der Waals surface area contributed by atoms with Gasteiger partial charge in [0.2, 0.25) is 0 Å². The summed E-state index contributed by atoms with van der Waals surface area (Å²) in [5.41, 5.74) is 0.329.